The number of rotatable bonds is 5. The van der Waals surface area contributed by atoms with Crippen LogP contribution in [0.1, 0.15) is 17.5 Å². The van der Waals surface area contributed by atoms with E-state index >= 15 is 0 Å². The minimum Gasteiger partial charge on any atom is -0.380 e. The fraction of sp³-hybridized carbons (Fsp3) is 0.538. The van der Waals surface area contributed by atoms with Crippen molar-refractivity contribution in [3.63, 3.8) is 0 Å². The number of ether oxygens (including phenoxy) is 2. The molecule has 1 fully saturated rings. The van der Waals surface area contributed by atoms with Gasteiger partial charge >= 0.3 is 0 Å². The molecule has 16 heavy (non-hydrogen) atoms. The summed E-state index contributed by atoms with van der Waals surface area (Å²) in [7, 11) is 1.72. The summed E-state index contributed by atoms with van der Waals surface area (Å²) in [6.45, 7) is 3.32. The Labute approximate surface area is 96.8 Å². The number of methoxy groups -OCH3 is 1. The molecule has 1 aliphatic heterocycles. The highest BCUT2D eigenvalue weighted by Gasteiger charge is 2.14. The van der Waals surface area contributed by atoms with Crippen molar-refractivity contribution in [2.45, 2.75) is 25.6 Å². The quantitative estimate of drug-likeness (QED) is 0.821. The van der Waals surface area contributed by atoms with E-state index in [2.05, 4.69) is 29.6 Å². The van der Waals surface area contributed by atoms with Crippen molar-refractivity contribution in [3.05, 3.63) is 35.4 Å². The maximum atomic E-state index is 5.33. The molecule has 0 bridgehead atoms. The third kappa shape index (κ3) is 3.30. The number of hydrogen-bond acceptors (Lipinski definition) is 3. The molecule has 1 unspecified atom stereocenters. The van der Waals surface area contributed by atoms with Crippen molar-refractivity contribution in [1.82, 2.24) is 5.32 Å². The van der Waals surface area contributed by atoms with Crippen LogP contribution in [-0.4, -0.2) is 26.4 Å². The largest absolute Gasteiger partial charge is 0.380 e. The molecular formula is C13H19NO2. The van der Waals surface area contributed by atoms with Gasteiger partial charge in [0.15, 0.2) is 0 Å². The third-order valence-electron chi connectivity index (χ3n) is 2.83. The highest BCUT2D eigenvalue weighted by Crippen LogP contribution is 2.08. The van der Waals surface area contributed by atoms with Gasteiger partial charge in [0.05, 0.1) is 13.2 Å². The Balaban J connectivity index is 1.85. The van der Waals surface area contributed by atoms with E-state index in [1.807, 2.05) is 0 Å². The van der Waals surface area contributed by atoms with E-state index in [1.165, 1.54) is 11.1 Å². The predicted octanol–water partition coefficient (Wildman–Crippen LogP) is 1.71. The standard InChI is InChI=1S/C13H19NO2/c1-15-9-12-4-2-3-11(7-12)8-14-13-5-6-16-10-13/h2-4,7,13-14H,5-6,8-10H2,1H3. The minimum absolute atomic E-state index is 0.520. The molecule has 1 saturated heterocycles. The number of benzene rings is 1. The van der Waals surface area contributed by atoms with Gasteiger partial charge in [-0.25, -0.2) is 0 Å². The van der Waals surface area contributed by atoms with Crippen LogP contribution in [-0.2, 0) is 22.6 Å². The Kier molecular flexibility index (Phi) is 4.34. The molecule has 3 heteroatoms. The lowest BCUT2D eigenvalue weighted by Gasteiger charge is -2.11. The predicted molar refractivity (Wildman–Crippen MR) is 63.2 cm³/mol. The van der Waals surface area contributed by atoms with Crippen LogP contribution in [0.4, 0.5) is 0 Å². The van der Waals surface area contributed by atoms with Gasteiger partial charge in [0, 0.05) is 26.3 Å². The second-order valence-electron chi connectivity index (χ2n) is 4.19. The minimum atomic E-state index is 0.520. The van der Waals surface area contributed by atoms with E-state index in [0.29, 0.717) is 12.6 Å². The van der Waals surface area contributed by atoms with Crippen LogP contribution in [0.25, 0.3) is 0 Å². The third-order valence-corrected chi connectivity index (χ3v) is 2.83. The Morgan fingerprint density at radius 2 is 2.31 bits per heavy atom. The van der Waals surface area contributed by atoms with Gasteiger partial charge in [0.1, 0.15) is 0 Å². The molecule has 0 amide bonds. The van der Waals surface area contributed by atoms with Crippen molar-refractivity contribution in [3.8, 4) is 0 Å². The summed E-state index contributed by atoms with van der Waals surface area (Å²) in [4.78, 5) is 0. The van der Waals surface area contributed by atoms with Crippen LogP contribution in [0.2, 0.25) is 0 Å². The molecule has 1 N–H and O–H groups in total. The average Bonchev–Trinajstić information content (AvgIpc) is 2.80. The second-order valence-corrected chi connectivity index (χ2v) is 4.19. The van der Waals surface area contributed by atoms with Gasteiger partial charge in [-0.2, -0.15) is 0 Å². The van der Waals surface area contributed by atoms with Crippen LogP contribution in [0.5, 0.6) is 0 Å². The van der Waals surface area contributed by atoms with Crippen molar-refractivity contribution in [1.29, 1.82) is 0 Å². The Bertz CT molecular complexity index is 321. The molecule has 1 aliphatic rings. The summed E-state index contributed by atoms with van der Waals surface area (Å²) in [5.74, 6) is 0. The van der Waals surface area contributed by atoms with Crippen LogP contribution in [0, 0.1) is 0 Å². The number of nitrogens with one attached hydrogen (secondary N) is 1. The van der Waals surface area contributed by atoms with Crippen LogP contribution >= 0.6 is 0 Å². The Morgan fingerprint density at radius 1 is 1.44 bits per heavy atom. The van der Waals surface area contributed by atoms with E-state index in [4.69, 9.17) is 9.47 Å². The molecule has 1 atom stereocenters. The van der Waals surface area contributed by atoms with Crippen molar-refractivity contribution in [2.75, 3.05) is 20.3 Å². The summed E-state index contributed by atoms with van der Waals surface area (Å²) in [5.41, 5.74) is 2.53. The first-order valence-corrected chi connectivity index (χ1v) is 5.76. The zero-order valence-corrected chi connectivity index (χ0v) is 9.74. The van der Waals surface area contributed by atoms with Crippen molar-refractivity contribution < 1.29 is 9.47 Å². The normalized spacial score (nSPS) is 20.2. The molecule has 3 nitrogen and oxygen atoms in total. The average molecular weight is 221 g/mol. The maximum Gasteiger partial charge on any atom is 0.0713 e. The lowest BCUT2D eigenvalue weighted by atomic mass is 10.1. The molecule has 2 rings (SSSR count). The molecule has 0 saturated carbocycles. The lowest BCUT2D eigenvalue weighted by Crippen LogP contribution is -2.28. The molecular weight excluding hydrogens is 202 g/mol. The zero-order valence-electron chi connectivity index (χ0n) is 9.74. The number of hydrogen-bond donors (Lipinski definition) is 1. The van der Waals surface area contributed by atoms with Crippen molar-refractivity contribution in [2.24, 2.45) is 0 Å². The summed E-state index contributed by atoms with van der Waals surface area (Å²) >= 11 is 0. The first-order chi connectivity index (χ1) is 7.88. The topological polar surface area (TPSA) is 30.5 Å². The lowest BCUT2D eigenvalue weighted by molar-refractivity contribution is 0.184. The highest BCUT2D eigenvalue weighted by molar-refractivity contribution is 5.22. The van der Waals surface area contributed by atoms with E-state index in [0.717, 1.165) is 26.2 Å². The van der Waals surface area contributed by atoms with E-state index < -0.39 is 0 Å². The van der Waals surface area contributed by atoms with Crippen LogP contribution < -0.4 is 5.32 Å². The van der Waals surface area contributed by atoms with Gasteiger partial charge in [0.2, 0.25) is 0 Å². The van der Waals surface area contributed by atoms with Gasteiger partial charge in [-0.15, -0.1) is 0 Å². The van der Waals surface area contributed by atoms with E-state index in [9.17, 15) is 0 Å². The molecule has 1 aromatic carbocycles. The maximum absolute atomic E-state index is 5.33. The van der Waals surface area contributed by atoms with Gasteiger partial charge < -0.3 is 14.8 Å². The molecule has 0 radical (unpaired) electrons. The fourth-order valence-corrected chi connectivity index (χ4v) is 1.95. The monoisotopic (exact) mass is 221 g/mol. The Hall–Kier alpha value is -0.900. The van der Waals surface area contributed by atoms with E-state index in [1.54, 1.807) is 7.11 Å². The van der Waals surface area contributed by atoms with Gasteiger partial charge in [-0.05, 0) is 17.5 Å². The SMILES string of the molecule is COCc1cccc(CNC2CCOC2)c1. The first-order valence-electron chi connectivity index (χ1n) is 5.76. The second kappa shape index (κ2) is 5.99. The smallest absolute Gasteiger partial charge is 0.0713 e. The fourth-order valence-electron chi connectivity index (χ4n) is 1.95. The zero-order chi connectivity index (χ0) is 11.2. The molecule has 88 valence electrons. The first kappa shape index (κ1) is 11.6. The Morgan fingerprint density at radius 3 is 3.06 bits per heavy atom. The summed E-state index contributed by atoms with van der Waals surface area (Å²) < 4.78 is 10.4. The van der Waals surface area contributed by atoms with Gasteiger partial charge in [0.25, 0.3) is 0 Å². The molecule has 0 spiro atoms. The van der Waals surface area contributed by atoms with Crippen LogP contribution in [0.15, 0.2) is 24.3 Å². The van der Waals surface area contributed by atoms with E-state index in [-0.39, 0.29) is 0 Å². The molecule has 0 aliphatic carbocycles. The molecule has 1 heterocycles. The van der Waals surface area contributed by atoms with Gasteiger partial charge in [-0.3, -0.25) is 0 Å². The van der Waals surface area contributed by atoms with Crippen LogP contribution in [0.3, 0.4) is 0 Å². The highest BCUT2D eigenvalue weighted by atomic mass is 16.5. The molecule has 0 aromatic heterocycles. The van der Waals surface area contributed by atoms with Gasteiger partial charge in [-0.1, -0.05) is 24.3 Å². The summed E-state index contributed by atoms with van der Waals surface area (Å²) in [6, 6.07) is 9.02. The van der Waals surface area contributed by atoms with Crippen molar-refractivity contribution >= 4 is 0 Å². The molecule has 1 aromatic rings. The summed E-state index contributed by atoms with van der Waals surface area (Å²) in [5, 5.41) is 3.50. The summed E-state index contributed by atoms with van der Waals surface area (Å²) in [6.07, 6.45) is 1.12.